The lowest BCUT2D eigenvalue weighted by atomic mass is 9.93. The standard InChI is InChI=1S/C21H25ClN6O4/c1-14-18(20(29)32-11-10-27-9-8-25(2)13-27)19(15-4-6-16(22)7-5-15)28(12-17(23)24-31)21(30)26(14)3/h4-9,13,19H,10-12H2,1-3H3,(H2-,23,24,31)/p+1. The van der Waals surface area contributed by atoms with Gasteiger partial charge in [-0.1, -0.05) is 28.9 Å². The first-order valence-corrected chi connectivity index (χ1v) is 10.3. The summed E-state index contributed by atoms with van der Waals surface area (Å²) in [5.74, 6) is -0.721. The lowest BCUT2D eigenvalue weighted by molar-refractivity contribution is -0.671. The molecule has 1 aliphatic heterocycles. The number of hydrogen-bond donors (Lipinski definition) is 2. The van der Waals surface area contributed by atoms with E-state index in [4.69, 9.17) is 27.3 Å². The van der Waals surface area contributed by atoms with Crippen LogP contribution in [-0.2, 0) is 23.1 Å². The smallest absolute Gasteiger partial charge is 0.338 e. The molecular formula is C21H26ClN6O4+. The van der Waals surface area contributed by atoms with Gasteiger partial charge < -0.3 is 25.5 Å². The molecule has 3 rings (SSSR count). The van der Waals surface area contributed by atoms with E-state index in [0.717, 1.165) is 0 Å². The van der Waals surface area contributed by atoms with E-state index >= 15 is 0 Å². The number of carbonyl (C=O) groups is 2. The van der Waals surface area contributed by atoms with Crippen LogP contribution >= 0.6 is 11.6 Å². The number of esters is 1. The highest BCUT2D eigenvalue weighted by Crippen LogP contribution is 2.37. The average Bonchev–Trinajstić information content (AvgIpc) is 3.19. The summed E-state index contributed by atoms with van der Waals surface area (Å²) in [4.78, 5) is 29.0. The van der Waals surface area contributed by atoms with Crippen molar-refractivity contribution in [2.45, 2.75) is 19.5 Å². The average molecular weight is 462 g/mol. The van der Waals surface area contributed by atoms with Crippen molar-refractivity contribution in [1.29, 1.82) is 0 Å². The van der Waals surface area contributed by atoms with E-state index in [1.807, 2.05) is 34.9 Å². The van der Waals surface area contributed by atoms with Gasteiger partial charge in [-0.2, -0.15) is 0 Å². The van der Waals surface area contributed by atoms with Crippen LogP contribution in [0.3, 0.4) is 0 Å². The van der Waals surface area contributed by atoms with Gasteiger partial charge in [-0.3, -0.25) is 0 Å². The minimum absolute atomic E-state index is 0.148. The van der Waals surface area contributed by atoms with Crippen LogP contribution in [0.2, 0.25) is 5.02 Å². The van der Waals surface area contributed by atoms with Crippen molar-refractivity contribution in [2.24, 2.45) is 17.9 Å². The Balaban J connectivity index is 1.95. The van der Waals surface area contributed by atoms with Crippen molar-refractivity contribution in [2.75, 3.05) is 20.2 Å². The first-order chi connectivity index (χ1) is 15.2. The third-order valence-electron chi connectivity index (χ3n) is 5.28. The van der Waals surface area contributed by atoms with E-state index in [1.54, 1.807) is 38.2 Å². The summed E-state index contributed by atoms with van der Waals surface area (Å²) in [6.45, 7) is 2.13. The van der Waals surface area contributed by atoms with E-state index in [0.29, 0.717) is 28.4 Å². The van der Waals surface area contributed by atoms with Crippen LogP contribution in [0.25, 0.3) is 0 Å². The lowest BCUT2D eigenvalue weighted by Gasteiger charge is -2.41. The number of nitrogens with zero attached hydrogens (tertiary/aromatic N) is 5. The Morgan fingerprint density at radius 3 is 2.62 bits per heavy atom. The Morgan fingerprint density at radius 1 is 1.34 bits per heavy atom. The van der Waals surface area contributed by atoms with Crippen molar-refractivity contribution in [1.82, 2.24) is 14.4 Å². The molecule has 1 atom stereocenters. The molecule has 0 fully saturated rings. The van der Waals surface area contributed by atoms with E-state index < -0.39 is 18.0 Å². The monoisotopic (exact) mass is 461 g/mol. The summed E-state index contributed by atoms with van der Waals surface area (Å²) in [7, 11) is 3.46. The molecule has 1 aromatic heterocycles. The molecule has 2 amide bonds. The Bertz CT molecular complexity index is 1060. The summed E-state index contributed by atoms with van der Waals surface area (Å²) < 4.78 is 9.36. The second-order valence-electron chi connectivity index (χ2n) is 7.47. The SMILES string of the molecule is CC1=C(C(=O)OCCn2cc[n+](C)c2)C(c2ccc(Cl)cc2)N(CC(N)=NO)C(=O)N1C. The Hall–Kier alpha value is -3.53. The van der Waals surface area contributed by atoms with Crippen LogP contribution in [-0.4, -0.2) is 57.6 Å². The van der Waals surface area contributed by atoms with Crippen LogP contribution in [0.15, 0.2) is 59.4 Å². The van der Waals surface area contributed by atoms with Gasteiger partial charge in [-0.15, -0.1) is 0 Å². The van der Waals surface area contributed by atoms with Gasteiger partial charge in [-0.05, 0) is 24.6 Å². The molecule has 0 radical (unpaired) electrons. The number of oxime groups is 1. The van der Waals surface area contributed by atoms with Crippen molar-refractivity contribution >= 4 is 29.4 Å². The highest BCUT2D eigenvalue weighted by molar-refractivity contribution is 6.30. The summed E-state index contributed by atoms with van der Waals surface area (Å²) >= 11 is 6.03. The molecule has 1 aliphatic rings. The Morgan fingerprint density at radius 2 is 2.03 bits per heavy atom. The number of halogens is 1. The number of hydrogen-bond acceptors (Lipinski definition) is 5. The van der Waals surface area contributed by atoms with E-state index in [2.05, 4.69) is 5.16 Å². The van der Waals surface area contributed by atoms with Gasteiger partial charge in [0, 0.05) is 17.8 Å². The second kappa shape index (κ2) is 9.73. The lowest BCUT2D eigenvalue weighted by Crippen LogP contribution is -2.51. The number of carbonyl (C=O) groups excluding carboxylic acids is 2. The van der Waals surface area contributed by atoms with Gasteiger partial charge in [-0.25, -0.2) is 18.7 Å². The van der Waals surface area contributed by atoms with Gasteiger partial charge in [0.15, 0.2) is 5.84 Å². The molecule has 170 valence electrons. The molecule has 0 aliphatic carbocycles. The molecule has 0 bridgehead atoms. The highest BCUT2D eigenvalue weighted by atomic mass is 35.5. The first-order valence-electron chi connectivity index (χ1n) is 9.88. The molecule has 2 aromatic rings. The van der Waals surface area contributed by atoms with Gasteiger partial charge in [0.1, 0.15) is 25.5 Å². The number of nitrogens with two attached hydrogens (primary N) is 1. The molecule has 1 unspecified atom stereocenters. The van der Waals surface area contributed by atoms with Gasteiger partial charge in [0.2, 0.25) is 6.33 Å². The van der Waals surface area contributed by atoms with Crippen LogP contribution in [0.5, 0.6) is 0 Å². The normalized spacial score (nSPS) is 17.2. The fourth-order valence-corrected chi connectivity index (χ4v) is 3.68. The molecule has 0 saturated carbocycles. The molecule has 10 nitrogen and oxygen atoms in total. The zero-order chi connectivity index (χ0) is 23.4. The zero-order valence-electron chi connectivity index (χ0n) is 18.1. The Kier molecular flexibility index (Phi) is 7.04. The molecular weight excluding hydrogens is 436 g/mol. The summed E-state index contributed by atoms with van der Waals surface area (Å²) in [6, 6.07) is 5.60. The maximum absolute atomic E-state index is 13.2. The summed E-state index contributed by atoms with van der Waals surface area (Å²) in [5.41, 5.74) is 7.10. The molecule has 3 N–H and O–H groups in total. The van der Waals surface area contributed by atoms with Crippen molar-refractivity contribution in [3.05, 3.63) is 64.8 Å². The Labute approximate surface area is 190 Å². The first kappa shape index (κ1) is 23.1. The summed E-state index contributed by atoms with van der Waals surface area (Å²) in [6.07, 6.45) is 5.64. The topological polar surface area (TPSA) is 117 Å². The van der Waals surface area contributed by atoms with Crippen LogP contribution in [0, 0.1) is 0 Å². The number of aryl methyl sites for hydroxylation is 1. The number of imidazole rings is 1. The van der Waals surface area contributed by atoms with Crippen molar-refractivity contribution in [3.8, 4) is 0 Å². The fourth-order valence-electron chi connectivity index (χ4n) is 3.55. The van der Waals surface area contributed by atoms with Crippen LogP contribution in [0.4, 0.5) is 4.79 Å². The minimum atomic E-state index is -0.798. The number of amides is 2. The number of ether oxygens (including phenoxy) is 1. The van der Waals surface area contributed by atoms with Crippen molar-refractivity contribution < 1.29 is 24.1 Å². The number of benzene rings is 1. The number of urea groups is 1. The van der Waals surface area contributed by atoms with E-state index in [1.165, 1.54) is 9.80 Å². The highest BCUT2D eigenvalue weighted by Gasteiger charge is 2.41. The van der Waals surface area contributed by atoms with E-state index in [9.17, 15) is 9.59 Å². The third kappa shape index (κ3) is 4.86. The molecule has 1 aromatic carbocycles. The second-order valence-corrected chi connectivity index (χ2v) is 7.90. The molecule has 0 saturated heterocycles. The maximum Gasteiger partial charge on any atom is 0.338 e. The number of aromatic nitrogens is 2. The van der Waals surface area contributed by atoms with Gasteiger partial charge in [0.05, 0.1) is 25.2 Å². The zero-order valence-corrected chi connectivity index (χ0v) is 18.9. The molecule has 32 heavy (non-hydrogen) atoms. The van der Waals surface area contributed by atoms with E-state index in [-0.39, 0.29) is 19.0 Å². The third-order valence-corrected chi connectivity index (χ3v) is 5.54. The number of rotatable bonds is 7. The largest absolute Gasteiger partial charge is 0.458 e. The minimum Gasteiger partial charge on any atom is -0.458 e. The predicted octanol–water partition coefficient (Wildman–Crippen LogP) is 1.64. The van der Waals surface area contributed by atoms with Crippen LogP contribution < -0.4 is 10.3 Å². The van der Waals surface area contributed by atoms with Crippen molar-refractivity contribution in [3.63, 3.8) is 0 Å². The summed E-state index contributed by atoms with van der Waals surface area (Å²) in [5, 5.41) is 12.5. The number of allylic oxidation sites excluding steroid dienone is 1. The maximum atomic E-state index is 13.2. The number of amidine groups is 1. The van der Waals surface area contributed by atoms with Gasteiger partial charge in [0.25, 0.3) is 0 Å². The molecule has 0 spiro atoms. The van der Waals surface area contributed by atoms with Crippen LogP contribution in [0.1, 0.15) is 18.5 Å². The molecule has 2 heterocycles. The predicted molar refractivity (Wildman–Crippen MR) is 117 cm³/mol. The fraction of sp³-hybridized carbons (Fsp3) is 0.333. The quantitative estimate of drug-likeness (QED) is 0.162. The van der Waals surface area contributed by atoms with Gasteiger partial charge >= 0.3 is 12.0 Å². The molecule has 11 heteroatoms.